The highest BCUT2D eigenvalue weighted by atomic mass is 16.4. The number of aliphatic imine (C=N–C) groups is 1. The van der Waals surface area contributed by atoms with Crippen molar-refractivity contribution < 1.29 is 63.0 Å². The molecule has 6 rings (SSSR count). The number of rotatable bonds is 24. The highest BCUT2D eigenvalue weighted by Crippen LogP contribution is 2.28. The minimum absolute atomic E-state index is 0.00415. The molecule has 0 aliphatic carbocycles. The lowest BCUT2D eigenvalue weighted by Crippen LogP contribution is -2.60. The minimum atomic E-state index is -1.43. The molecule has 0 radical (unpaired) electrons. The van der Waals surface area contributed by atoms with Gasteiger partial charge in [-0.15, -0.1) is 0 Å². The van der Waals surface area contributed by atoms with Gasteiger partial charge in [-0.05, 0) is 101 Å². The van der Waals surface area contributed by atoms with Gasteiger partial charge in [0, 0.05) is 52.0 Å². The number of aromatic hydroxyl groups is 1. The lowest BCUT2D eigenvalue weighted by Gasteiger charge is -2.34. The number of phenols is 1. The molecule has 77 heavy (non-hydrogen) atoms. The zero-order valence-corrected chi connectivity index (χ0v) is 43.8. The number of aliphatic carboxylic acids is 1. The zero-order chi connectivity index (χ0) is 56.1. The molecule has 10 amide bonds. The number of phenolic OH excluding ortho intramolecular Hbond substituents is 1. The van der Waals surface area contributed by atoms with Crippen LogP contribution in [0.1, 0.15) is 116 Å². The van der Waals surface area contributed by atoms with Crippen LogP contribution in [0.2, 0.25) is 0 Å². The number of nitrogens with one attached hydrogen (secondary N) is 5. The van der Waals surface area contributed by atoms with Crippen LogP contribution in [-0.2, 0) is 59.2 Å². The summed E-state index contributed by atoms with van der Waals surface area (Å²) in [5, 5.41) is 33.3. The minimum Gasteiger partial charge on any atom is -0.508 e. The van der Waals surface area contributed by atoms with Crippen molar-refractivity contribution in [1.82, 2.24) is 46.2 Å². The van der Waals surface area contributed by atoms with Crippen molar-refractivity contribution in [2.45, 2.75) is 171 Å². The maximum Gasteiger partial charge on any atom is 0.326 e. The second-order valence-electron chi connectivity index (χ2n) is 20.6. The van der Waals surface area contributed by atoms with Gasteiger partial charge in [-0.1, -0.05) is 32.4 Å². The van der Waals surface area contributed by atoms with Crippen molar-refractivity contribution >= 4 is 71.0 Å². The molecule has 5 saturated heterocycles. The number of likely N-dealkylation sites (tertiary alicyclic amines) is 4. The number of amides is 10. The van der Waals surface area contributed by atoms with Crippen molar-refractivity contribution in [3.8, 4) is 5.75 Å². The highest BCUT2D eigenvalue weighted by molar-refractivity contribution is 5.99. The molecule has 0 saturated carbocycles. The molecular formula is C51H75N13O13. The van der Waals surface area contributed by atoms with E-state index in [0.29, 0.717) is 50.5 Å². The van der Waals surface area contributed by atoms with Gasteiger partial charge in [0.1, 0.15) is 60.1 Å². The average Bonchev–Trinajstić information content (AvgIpc) is 4.28. The maximum atomic E-state index is 14.7. The van der Waals surface area contributed by atoms with E-state index < -0.39 is 119 Å². The topological polar surface area (TPSA) is 392 Å². The van der Waals surface area contributed by atoms with Crippen LogP contribution >= 0.6 is 0 Å². The first-order valence-corrected chi connectivity index (χ1v) is 26.8. The molecule has 10 atom stereocenters. The zero-order valence-electron chi connectivity index (χ0n) is 43.8. The fraction of sp³-hybridized carbons (Fsp3) is 0.647. The Bertz CT molecular complexity index is 2420. The molecule has 1 aromatic carbocycles. The average molecular weight is 1080 g/mol. The molecule has 26 nitrogen and oxygen atoms in total. The molecule has 13 N–H and O–H groups in total. The number of benzene rings is 1. The van der Waals surface area contributed by atoms with Crippen molar-refractivity contribution in [2.75, 3.05) is 32.7 Å². The molecule has 26 heteroatoms. The Hall–Kier alpha value is -7.54. The molecule has 0 aromatic heterocycles. The summed E-state index contributed by atoms with van der Waals surface area (Å²) in [6.45, 7) is 4.27. The third kappa shape index (κ3) is 15.1. The molecule has 0 unspecified atom stereocenters. The van der Waals surface area contributed by atoms with Gasteiger partial charge in [0.25, 0.3) is 0 Å². The molecule has 5 heterocycles. The first-order chi connectivity index (χ1) is 36.7. The van der Waals surface area contributed by atoms with Gasteiger partial charge < -0.3 is 73.6 Å². The number of nitrogens with zero attached hydrogens (tertiary/aromatic N) is 5. The van der Waals surface area contributed by atoms with Crippen molar-refractivity contribution in [1.29, 1.82) is 0 Å². The Morgan fingerprint density at radius 1 is 0.675 bits per heavy atom. The first kappa shape index (κ1) is 58.7. The van der Waals surface area contributed by atoms with Gasteiger partial charge in [-0.3, -0.25) is 52.9 Å². The van der Waals surface area contributed by atoms with Crippen LogP contribution in [0.15, 0.2) is 29.3 Å². The van der Waals surface area contributed by atoms with Crippen molar-refractivity contribution in [3.05, 3.63) is 29.8 Å². The molecule has 0 spiro atoms. The predicted octanol–water partition coefficient (Wildman–Crippen LogP) is -2.43. The van der Waals surface area contributed by atoms with E-state index in [1.54, 1.807) is 19.1 Å². The molecule has 422 valence electrons. The molecule has 5 fully saturated rings. The Labute approximate surface area is 446 Å². The summed E-state index contributed by atoms with van der Waals surface area (Å²) < 4.78 is 0. The molecule has 5 aliphatic rings. The standard InChI is InChI=1S/C51H75N13O13/c1-3-28(2)41(49(75)63-25-7-12-37(63)48(74)64-26-8-13-38(64)50(76)77)60-43(69)32(18-20-39(52)66)57-44(70)35-10-5-23-61(35)46(72)33(9-4-22-55-51(53)54)58-45(71)36-11-6-24-62(36)47(73)34(27-29-14-16-30(65)17-15-29)59-42(68)31-19-21-40(67)56-31/h14-17,28,31-38,41,65H,3-13,18-27H2,1-2H3,(H2,52,66)(H,56,67)(H,57,70)(H,58,71)(H,59,68)(H,60,69)(H,76,77)(H4,53,54,55)/t28-,31+,32-,33-,34-,35+,36+,37-,38+,41-/m0/s1. The lowest BCUT2D eigenvalue weighted by molar-refractivity contribution is -0.152. The number of carbonyl (C=O) groups is 11. The van der Waals surface area contributed by atoms with Crippen LogP contribution in [0, 0.1) is 5.92 Å². The van der Waals surface area contributed by atoms with Gasteiger partial charge in [0.15, 0.2) is 5.96 Å². The monoisotopic (exact) mass is 1080 g/mol. The molecule has 1 aromatic rings. The van der Waals surface area contributed by atoms with Crippen LogP contribution in [0.4, 0.5) is 0 Å². The summed E-state index contributed by atoms with van der Waals surface area (Å²) in [6.07, 6.45) is 3.03. The largest absolute Gasteiger partial charge is 0.508 e. The second kappa shape index (κ2) is 27.0. The van der Waals surface area contributed by atoms with E-state index in [1.807, 2.05) is 6.92 Å². The molecule has 5 aliphatic heterocycles. The van der Waals surface area contributed by atoms with E-state index in [2.05, 4.69) is 31.6 Å². The summed E-state index contributed by atoms with van der Waals surface area (Å²) >= 11 is 0. The van der Waals surface area contributed by atoms with E-state index in [4.69, 9.17) is 17.2 Å². The summed E-state index contributed by atoms with van der Waals surface area (Å²) in [7, 11) is 0. The van der Waals surface area contributed by atoms with E-state index >= 15 is 0 Å². The van der Waals surface area contributed by atoms with Crippen molar-refractivity contribution in [3.63, 3.8) is 0 Å². The number of hydrogen-bond acceptors (Lipinski definition) is 13. The van der Waals surface area contributed by atoms with Crippen LogP contribution in [-0.4, -0.2) is 188 Å². The smallest absolute Gasteiger partial charge is 0.326 e. The Morgan fingerprint density at radius 2 is 1.21 bits per heavy atom. The Kier molecular flexibility index (Phi) is 20.6. The SMILES string of the molecule is CC[C@H](C)[C@H](NC(=O)[C@H](CCC(N)=O)NC(=O)[C@H]1CCCN1C(=O)[C@H](CCCN=C(N)N)NC(=O)[C@H]1CCCN1C(=O)[C@H](Cc1ccc(O)cc1)NC(=O)[C@H]1CCC(=O)N1)C(=O)N1CCC[C@H]1C(=O)N1CCC[C@@H]1C(=O)O. The summed E-state index contributed by atoms with van der Waals surface area (Å²) in [5.74, 6) is -8.00. The molecule has 0 bridgehead atoms. The van der Waals surface area contributed by atoms with E-state index in [0.717, 1.165) is 0 Å². The number of hydrogen-bond donors (Lipinski definition) is 10. The number of guanidine groups is 1. The quantitative estimate of drug-likeness (QED) is 0.0292. The fourth-order valence-corrected chi connectivity index (χ4v) is 10.9. The number of nitrogens with two attached hydrogens (primary N) is 3. The van der Waals surface area contributed by atoms with E-state index in [-0.39, 0.29) is 108 Å². The van der Waals surface area contributed by atoms with Gasteiger partial charge >= 0.3 is 5.97 Å². The highest BCUT2D eigenvalue weighted by Gasteiger charge is 2.46. The van der Waals surface area contributed by atoms with Crippen LogP contribution in [0.5, 0.6) is 5.75 Å². The second-order valence-corrected chi connectivity index (χ2v) is 20.6. The third-order valence-electron chi connectivity index (χ3n) is 15.3. The third-order valence-corrected chi connectivity index (χ3v) is 15.3. The van der Waals surface area contributed by atoms with Gasteiger partial charge in [0.2, 0.25) is 59.1 Å². The number of carboxylic acids is 1. The summed E-state index contributed by atoms with van der Waals surface area (Å²) in [4.78, 5) is 159. The normalized spacial score (nSPS) is 23.0. The van der Waals surface area contributed by atoms with Crippen LogP contribution < -0.4 is 43.8 Å². The fourth-order valence-electron chi connectivity index (χ4n) is 10.9. The number of carboxylic acid groups (broad SMARTS) is 1. The van der Waals surface area contributed by atoms with Crippen molar-refractivity contribution in [2.24, 2.45) is 28.1 Å². The predicted molar refractivity (Wildman–Crippen MR) is 275 cm³/mol. The van der Waals surface area contributed by atoms with E-state index in [1.165, 1.54) is 31.7 Å². The number of primary amides is 1. The van der Waals surface area contributed by atoms with Gasteiger partial charge in [0.05, 0.1) is 0 Å². The van der Waals surface area contributed by atoms with Gasteiger partial charge in [-0.2, -0.15) is 0 Å². The van der Waals surface area contributed by atoms with E-state index in [9.17, 15) is 63.0 Å². The van der Waals surface area contributed by atoms with Crippen LogP contribution in [0.25, 0.3) is 0 Å². The number of carbonyl (C=O) groups excluding carboxylic acids is 10. The Balaban J connectivity index is 1.17. The Morgan fingerprint density at radius 3 is 1.75 bits per heavy atom. The summed E-state index contributed by atoms with van der Waals surface area (Å²) in [6, 6.07) is -4.07. The summed E-state index contributed by atoms with van der Waals surface area (Å²) in [5.41, 5.74) is 17.2. The van der Waals surface area contributed by atoms with Crippen LogP contribution in [0.3, 0.4) is 0 Å². The first-order valence-electron chi connectivity index (χ1n) is 26.8. The van der Waals surface area contributed by atoms with Gasteiger partial charge in [-0.25, -0.2) is 4.79 Å². The maximum absolute atomic E-state index is 14.7. The molecular weight excluding hydrogens is 1000 g/mol. The lowest BCUT2D eigenvalue weighted by atomic mass is 9.96.